The molecule has 1 aliphatic rings. The van der Waals surface area contributed by atoms with Crippen molar-refractivity contribution >= 4 is 5.82 Å². The van der Waals surface area contributed by atoms with Crippen molar-refractivity contribution in [2.75, 3.05) is 32.2 Å². The van der Waals surface area contributed by atoms with Crippen molar-refractivity contribution in [3.63, 3.8) is 0 Å². The van der Waals surface area contributed by atoms with Crippen LogP contribution in [0.5, 0.6) is 5.75 Å². The number of aromatic nitrogens is 1. The third kappa shape index (κ3) is 4.71. The van der Waals surface area contributed by atoms with Gasteiger partial charge < -0.3 is 19.1 Å². The minimum Gasteiger partial charge on any atom is -0.487 e. The van der Waals surface area contributed by atoms with Gasteiger partial charge in [0, 0.05) is 33.2 Å². The summed E-state index contributed by atoms with van der Waals surface area (Å²) < 4.78 is 16.6. The standard InChI is InChI=1S/C20H26N2O3/c1-23-20(24-2)17-10-12-22(13-11-17)19-9-8-18(14-21-19)25-15-16-6-4-3-5-7-16/h3-9,14,17,20H,10-13,15H2,1-2H3. The number of benzene rings is 1. The van der Waals surface area contributed by atoms with E-state index in [1.54, 1.807) is 20.4 Å². The smallest absolute Gasteiger partial charge is 0.159 e. The third-order valence-corrected chi connectivity index (χ3v) is 4.68. The molecule has 0 aliphatic carbocycles. The maximum atomic E-state index is 5.80. The first-order chi connectivity index (χ1) is 12.3. The van der Waals surface area contributed by atoms with Gasteiger partial charge in [0.25, 0.3) is 0 Å². The van der Waals surface area contributed by atoms with Gasteiger partial charge in [-0.15, -0.1) is 0 Å². The Kier molecular flexibility index (Phi) is 6.25. The lowest BCUT2D eigenvalue weighted by Gasteiger charge is -2.35. The third-order valence-electron chi connectivity index (χ3n) is 4.68. The second-order valence-electron chi connectivity index (χ2n) is 6.29. The van der Waals surface area contributed by atoms with E-state index in [1.165, 1.54) is 0 Å². The summed E-state index contributed by atoms with van der Waals surface area (Å²) in [6.07, 6.45) is 3.78. The van der Waals surface area contributed by atoms with Crippen LogP contribution in [0, 0.1) is 5.92 Å². The van der Waals surface area contributed by atoms with E-state index in [1.807, 2.05) is 30.3 Å². The maximum Gasteiger partial charge on any atom is 0.159 e. The lowest BCUT2D eigenvalue weighted by atomic mass is 9.96. The van der Waals surface area contributed by atoms with Crippen LogP contribution in [0.4, 0.5) is 5.82 Å². The topological polar surface area (TPSA) is 43.8 Å². The van der Waals surface area contributed by atoms with Crippen molar-refractivity contribution in [2.24, 2.45) is 5.92 Å². The van der Waals surface area contributed by atoms with E-state index in [0.717, 1.165) is 43.1 Å². The maximum absolute atomic E-state index is 5.80. The molecule has 0 saturated carbocycles. The quantitative estimate of drug-likeness (QED) is 0.721. The van der Waals surface area contributed by atoms with Crippen LogP contribution in [0.25, 0.3) is 0 Å². The minimum atomic E-state index is -0.108. The first kappa shape index (κ1) is 17.7. The Balaban J connectivity index is 1.51. The van der Waals surface area contributed by atoms with Gasteiger partial charge in [-0.2, -0.15) is 0 Å². The molecule has 1 aromatic carbocycles. The van der Waals surface area contributed by atoms with Crippen molar-refractivity contribution in [1.82, 2.24) is 4.98 Å². The summed E-state index contributed by atoms with van der Waals surface area (Å²) in [6, 6.07) is 14.2. The fourth-order valence-corrected chi connectivity index (χ4v) is 3.27. The van der Waals surface area contributed by atoms with Crippen molar-refractivity contribution in [3.8, 4) is 5.75 Å². The number of ether oxygens (including phenoxy) is 3. The molecule has 1 aliphatic heterocycles. The molecule has 1 aromatic heterocycles. The zero-order chi connectivity index (χ0) is 17.5. The predicted molar refractivity (Wildman–Crippen MR) is 97.8 cm³/mol. The van der Waals surface area contributed by atoms with Crippen LogP contribution in [0.2, 0.25) is 0 Å². The van der Waals surface area contributed by atoms with E-state index in [2.05, 4.69) is 22.0 Å². The molecule has 2 heterocycles. The molecule has 3 rings (SSSR count). The van der Waals surface area contributed by atoms with E-state index < -0.39 is 0 Å². The Bertz CT molecular complexity index is 621. The zero-order valence-corrected chi connectivity index (χ0v) is 14.9. The van der Waals surface area contributed by atoms with Gasteiger partial charge in [0.2, 0.25) is 0 Å². The number of piperidine rings is 1. The van der Waals surface area contributed by atoms with E-state index in [-0.39, 0.29) is 6.29 Å². The fourth-order valence-electron chi connectivity index (χ4n) is 3.27. The number of anilines is 1. The largest absolute Gasteiger partial charge is 0.487 e. The number of pyridine rings is 1. The van der Waals surface area contributed by atoms with Crippen molar-refractivity contribution in [3.05, 3.63) is 54.2 Å². The monoisotopic (exact) mass is 342 g/mol. The van der Waals surface area contributed by atoms with Gasteiger partial charge in [-0.1, -0.05) is 30.3 Å². The second-order valence-corrected chi connectivity index (χ2v) is 6.29. The Morgan fingerprint density at radius 2 is 1.76 bits per heavy atom. The highest BCUT2D eigenvalue weighted by Crippen LogP contribution is 2.26. The molecule has 25 heavy (non-hydrogen) atoms. The Morgan fingerprint density at radius 3 is 2.36 bits per heavy atom. The van der Waals surface area contributed by atoms with Gasteiger partial charge in [0.1, 0.15) is 18.2 Å². The van der Waals surface area contributed by atoms with Crippen LogP contribution < -0.4 is 9.64 Å². The molecule has 1 fully saturated rings. The normalized spacial score (nSPS) is 15.6. The van der Waals surface area contributed by atoms with Crippen molar-refractivity contribution in [2.45, 2.75) is 25.7 Å². The van der Waals surface area contributed by atoms with Gasteiger partial charge in [-0.05, 0) is 30.5 Å². The molecule has 0 bridgehead atoms. The van der Waals surface area contributed by atoms with Gasteiger partial charge in [-0.3, -0.25) is 0 Å². The Morgan fingerprint density at radius 1 is 1.04 bits per heavy atom. The fraction of sp³-hybridized carbons (Fsp3) is 0.450. The van der Waals surface area contributed by atoms with Crippen LogP contribution in [0.3, 0.4) is 0 Å². The summed E-state index contributed by atoms with van der Waals surface area (Å²) in [5, 5.41) is 0. The lowest BCUT2D eigenvalue weighted by Crippen LogP contribution is -2.39. The molecule has 2 aromatic rings. The first-order valence-corrected chi connectivity index (χ1v) is 8.73. The number of methoxy groups -OCH3 is 2. The lowest BCUT2D eigenvalue weighted by molar-refractivity contribution is -0.141. The minimum absolute atomic E-state index is 0.108. The molecular formula is C20H26N2O3. The van der Waals surface area contributed by atoms with Crippen molar-refractivity contribution in [1.29, 1.82) is 0 Å². The number of rotatable bonds is 7. The van der Waals surface area contributed by atoms with E-state index in [0.29, 0.717) is 12.5 Å². The van der Waals surface area contributed by atoms with Crippen LogP contribution in [0.15, 0.2) is 48.7 Å². The van der Waals surface area contributed by atoms with Gasteiger partial charge in [0.15, 0.2) is 6.29 Å². The summed E-state index contributed by atoms with van der Waals surface area (Å²) in [5.41, 5.74) is 1.15. The summed E-state index contributed by atoms with van der Waals surface area (Å²) in [5.74, 6) is 2.23. The molecule has 1 saturated heterocycles. The van der Waals surface area contributed by atoms with Crippen molar-refractivity contribution < 1.29 is 14.2 Å². The molecule has 0 spiro atoms. The van der Waals surface area contributed by atoms with Crippen LogP contribution in [0.1, 0.15) is 18.4 Å². The highest BCUT2D eigenvalue weighted by molar-refractivity contribution is 5.41. The summed E-state index contributed by atoms with van der Waals surface area (Å²) in [7, 11) is 3.41. The summed E-state index contributed by atoms with van der Waals surface area (Å²) in [6.45, 7) is 2.49. The van der Waals surface area contributed by atoms with E-state index in [9.17, 15) is 0 Å². The second kappa shape index (κ2) is 8.83. The zero-order valence-electron chi connectivity index (χ0n) is 14.9. The molecular weight excluding hydrogens is 316 g/mol. The molecule has 5 nitrogen and oxygen atoms in total. The summed E-state index contributed by atoms with van der Waals surface area (Å²) in [4.78, 5) is 6.87. The van der Waals surface area contributed by atoms with E-state index in [4.69, 9.17) is 14.2 Å². The molecule has 0 atom stereocenters. The molecule has 0 unspecified atom stereocenters. The van der Waals surface area contributed by atoms with Gasteiger partial charge in [0.05, 0.1) is 6.20 Å². The first-order valence-electron chi connectivity index (χ1n) is 8.73. The SMILES string of the molecule is COC(OC)C1CCN(c2ccc(OCc3ccccc3)cn2)CC1. The number of nitrogens with zero attached hydrogens (tertiary/aromatic N) is 2. The molecule has 0 N–H and O–H groups in total. The molecule has 5 heteroatoms. The van der Waals surface area contributed by atoms with Crippen LogP contribution in [-0.2, 0) is 16.1 Å². The van der Waals surface area contributed by atoms with Crippen LogP contribution in [-0.4, -0.2) is 38.6 Å². The molecule has 0 amide bonds. The highest BCUT2D eigenvalue weighted by atomic mass is 16.7. The number of hydrogen-bond donors (Lipinski definition) is 0. The van der Waals surface area contributed by atoms with Gasteiger partial charge in [-0.25, -0.2) is 4.98 Å². The average molecular weight is 342 g/mol. The average Bonchev–Trinajstić information content (AvgIpc) is 2.69. The van der Waals surface area contributed by atoms with Gasteiger partial charge >= 0.3 is 0 Å². The Hall–Kier alpha value is -2.11. The highest BCUT2D eigenvalue weighted by Gasteiger charge is 2.26. The predicted octanol–water partition coefficient (Wildman–Crippen LogP) is 3.50. The molecule has 0 radical (unpaired) electrons. The molecule has 134 valence electrons. The Labute approximate surface area is 149 Å². The number of hydrogen-bond acceptors (Lipinski definition) is 5. The summed E-state index contributed by atoms with van der Waals surface area (Å²) >= 11 is 0. The van der Waals surface area contributed by atoms with E-state index >= 15 is 0 Å². The van der Waals surface area contributed by atoms with Crippen LogP contribution >= 0.6 is 0 Å².